The van der Waals surface area contributed by atoms with Crippen LogP contribution in [0.4, 0.5) is 0 Å². The minimum absolute atomic E-state index is 0.0173. The Balaban J connectivity index is 1.91. The summed E-state index contributed by atoms with van der Waals surface area (Å²) in [6, 6.07) is 8.60. The van der Waals surface area contributed by atoms with Crippen LogP contribution in [0, 0.1) is 10.6 Å². The van der Waals surface area contributed by atoms with Crippen molar-refractivity contribution in [2.45, 2.75) is 25.8 Å². The maximum atomic E-state index is 13.5. The molecular weight excluding hydrogens is 272 g/mol. The van der Waals surface area contributed by atoms with E-state index in [9.17, 15) is 5.21 Å². The molecule has 3 aliphatic heterocycles. The number of para-hydroxylation sites is 1. The van der Waals surface area contributed by atoms with Gasteiger partial charge in [0, 0.05) is 18.0 Å². The molecule has 0 spiro atoms. The summed E-state index contributed by atoms with van der Waals surface area (Å²) < 4.78 is 2.20. The second kappa shape index (κ2) is 3.92. The third-order valence-corrected chi connectivity index (χ3v) is 6.03. The zero-order chi connectivity index (χ0) is 14.9. The molecule has 0 amide bonds. The molecule has 0 saturated carbocycles. The zero-order valence-corrected chi connectivity index (χ0v) is 12.8. The van der Waals surface area contributed by atoms with E-state index in [1.807, 2.05) is 0 Å². The van der Waals surface area contributed by atoms with Crippen molar-refractivity contribution >= 4 is 17.1 Å². The smallest absolute Gasteiger partial charge is 0.143 e. The van der Waals surface area contributed by atoms with E-state index in [-0.39, 0.29) is 16.1 Å². The quantitative estimate of drug-likeness (QED) is 0.443. The normalized spacial score (nSPS) is 34.9. The van der Waals surface area contributed by atoms with Gasteiger partial charge in [0.1, 0.15) is 6.04 Å². The van der Waals surface area contributed by atoms with E-state index in [1.165, 1.54) is 22.2 Å². The number of hydroxylamine groups is 3. The highest BCUT2D eigenvalue weighted by molar-refractivity contribution is 5.88. The average Bonchev–Trinajstić information content (AvgIpc) is 2.87. The van der Waals surface area contributed by atoms with Gasteiger partial charge in [0.15, 0.2) is 0 Å². The Bertz CT molecular complexity index is 846. The van der Waals surface area contributed by atoms with Gasteiger partial charge in [-0.1, -0.05) is 37.3 Å². The summed E-state index contributed by atoms with van der Waals surface area (Å²) in [6.07, 6.45) is 10.7. The average molecular weight is 292 g/mol. The first-order chi connectivity index (χ1) is 10.7. The Labute approximate surface area is 130 Å². The molecule has 0 N–H and O–H groups in total. The van der Waals surface area contributed by atoms with Crippen LogP contribution in [0.25, 0.3) is 17.1 Å². The predicted octanol–water partition coefficient (Wildman–Crippen LogP) is 4.00. The lowest BCUT2D eigenvalue weighted by Crippen LogP contribution is -2.58. The lowest BCUT2D eigenvalue weighted by atomic mass is 9.69. The number of aromatic nitrogens is 1. The number of rotatable bonds is 1. The molecule has 4 heterocycles. The monoisotopic (exact) mass is 292 g/mol. The SMILES string of the molecule is CC[C@]12C=CC[N+]3([O-])CCc4c(n(c5ccccc45)C=C1)[C@H]23. The fraction of sp³-hybridized carbons (Fsp3) is 0.368. The molecule has 0 radical (unpaired) electrons. The minimum atomic E-state index is -0.112. The van der Waals surface area contributed by atoms with Gasteiger partial charge in [-0.3, -0.25) is 0 Å². The molecule has 0 saturated heterocycles. The molecule has 3 heteroatoms. The van der Waals surface area contributed by atoms with Crippen molar-refractivity contribution in [3.8, 4) is 0 Å². The lowest BCUT2D eigenvalue weighted by Gasteiger charge is -2.59. The first kappa shape index (κ1) is 12.7. The number of nitrogens with zero attached hydrogens (tertiary/aromatic N) is 2. The Morgan fingerprint density at radius 1 is 1.32 bits per heavy atom. The van der Waals surface area contributed by atoms with Crippen LogP contribution in [-0.4, -0.2) is 22.3 Å². The molecule has 112 valence electrons. The topological polar surface area (TPSA) is 28.0 Å². The highest BCUT2D eigenvalue weighted by Crippen LogP contribution is 2.56. The van der Waals surface area contributed by atoms with Crippen LogP contribution < -0.4 is 0 Å². The van der Waals surface area contributed by atoms with E-state index >= 15 is 0 Å². The van der Waals surface area contributed by atoms with Crippen molar-refractivity contribution in [2.24, 2.45) is 5.41 Å². The van der Waals surface area contributed by atoms with Gasteiger partial charge < -0.3 is 14.4 Å². The molecule has 0 fully saturated rings. The van der Waals surface area contributed by atoms with Crippen molar-refractivity contribution in [3.05, 3.63) is 59.0 Å². The second-order valence-electron chi connectivity index (χ2n) is 6.95. The summed E-state index contributed by atoms with van der Waals surface area (Å²) in [6.45, 7) is 3.52. The Hall–Kier alpha value is -1.84. The number of fused-ring (bicyclic) bond motifs is 3. The molecule has 2 aromatic rings. The third-order valence-electron chi connectivity index (χ3n) is 6.03. The van der Waals surface area contributed by atoms with Crippen LogP contribution in [0.3, 0.4) is 0 Å². The Morgan fingerprint density at radius 2 is 2.18 bits per heavy atom. The molecule has 0 bridgehead atoms. The molecule has 5 rings (SSSR count). The van der Waals surface area contributed by atoms with Gasteiger partial charge >= 0.3 is 0 Å². The molecule has 1 aromatic heterocycles. The van der Waals surface area contributed by atoms with E-state index < -0.39 is 0 Å². The third kappa shape index (κ3) is 1.30. The van der Waals surface area contributed by atoms with Gasteiger partial charge in [-0.2, -0.15) is 0 Å². The van der Waals surface area contributed by atoms with E-state index in [2.05, 4.69) is 60.2 Å². The van der Waals surface area contributed by atoms with Crippen LogP contribution >= 0.6 is 0 Å². The second-order valence-corrected chi connectivity index (χ2v) is 6.95. The van der Waals surface area contributed by atoms with Crippen molar-refractivity contribution in [2.75, 3.05) is 13.1 Å². The first-order valence-corrected chi connectivity index (χ1v) is 8.25. The molecule has 3 aliphatic rings. The first-order valence-electron chi connectivity index (χ1n) is 8.25. The molecule has 1 aromatic carbocycles. The largest absolute Gasteiger partial charge is 0.632 e. The predicted molar refractivity (Wildman–Crippen MR) is 88.9 cm³/mol. The molecule has 22 heavy (non-hydrogen) atoms. The molecular formula is C19H20N2O. The highest BCUT2D eigenvalue weighted by Gasteiger charge is 2.53. The molecule has 3 atom stereocenters. The van der Waals surface area contributed by atoms with Gasteiger partial charge in [0.25, 0.3) is 0 Å². The maximum absolute atomic E-state index is 13.5. The summed E-state index contributed by atoms with van der Waals surface area (Å²) in [5, 5.41) is 14.9. The molecule has 1 unspecified atom stereocenters. The van der Waals surface area contributed by atoms with Crippen LogP contribution in [-0.2, 0) is 6.42 Å². The van der Waals surface area contributed by atoms with Gasteiger partial charge in [-0.05, 0) is 24.1 Å². The van der Waals surface area contributed by atoms with E-state index in [4.69, 9.17) is 0 Å². The van der Waals surface area contributed by atoms with Crippen molar-refractivity contribution < 1.29 is 4.65 Å². The fourth-order valence-corrected chi connectivity index (χ4v) is 4.95. The molecule has 3 nitrogen and oxygen atoms in total. The lowest BCUT2D eigenvalue weighted by molar-refractivity contribution is -0.917. The van der Waals surface area contributed by atoms with E-state index in [0.717, 1.165) is 12.8 Å². The van der Waals surface area contributed by atoms with Crippen molar-refractivity contribution in [3.63, 3.8) is 0 Å². The number of hydrogen-bond acceptors (Lipinski definition) is 1. The number of benzene rings is 1. The van der Waals surface area contributed by atoms with Gasteiger partial charge in [-0.15, -0.1) is 0 Å². The van der Waals surface area contributed by atoms with E-state index in [0.29, 0.717) is 13.1 Å². The van der Waals surface area contributed by atoms with Crippen molar-refractivity contribution in [1.29, 1.82) is 0 Å². The molecule has 0 aliphatic carbocycles. The standard InChI is InChI=1S/C19H20N2O/c1-2-19-9-5-12-21(22)13-8-15-14-6-3-4-7-16(14)20(11-10-19)17(15)18(19)21/h3-7,9-11,18H,2,8,12-13H2,1H3/t18-,19+,21?/m1/s1. The highest BCUT2D eigenvalue weighted by atomic mass is 16.5. The Morgan fingerprint density at radius 3 is 3.05 bits per heavy atom. The summed E-state index contributed by atoms with van der Waals surface area (Å²) in [4.78, 5) is 0. The van der Waals surface area contributed by atoms with Crippen LogP contribution in [0.1, 0.15) is 30.6 Å². The van der Waals surface area contributed by atoms with Gasteiger partial charge in [0.2, 0.25) is 0 Å². The summed E-state index contributed by atoms with van der Waals surface area (Å²) >= 11 is 0. The van der Waals surface area contributed by atoms with Crippen LogP contribution in [0.5, 0.6) is 0 Å². The summed E-state index contributed by atoms with van der Waals surface area (Å²) in [7, 11) is 0. The number of quaternary nitrogens is 1. The van der Waals surface area contributed by atoms with Gasteiger partial charge in [0.05, 0.1) is 29.7 Å². The van der Waals surface area contributed by atoms with Gasteiger partial charge in [-0.25, -0.2) is 0 Å². The minimum Gasteiger partial charge on any atom is -0.632 e. The Kier molecular flexibility index (Phi) is 2.26. The fourth-order valence-electron chi connectivity index (χ4n) is 4.95. The van der Waals surface area contributed by atoms with E-state index in [1.54, 1.807) is 0 Å². The summed E-state index contributed by atoms with van der Waals surface area (Å²) in [5.41, 5.74) is 3.81. The zero-order valence-electron chi connectivity index (χ0n) is 12.8. The maximum Gasteiger partial charge on any atom is 0.143 e. The van der Waals surface area contributed by atoms with Crippen LogP contribution in [0.2, 0.25) is 0 Å². The number of hydrogen-bond donors (Lipinski definition) is 0. The van der Waals surface area contributed by atoms with Crippen molar-refractivity contribution in [1.82, 2.24) is 4.57 Å². The summed E-state index contributed by atoms with van der Waals surface area (Å²) in [5.74, 6) is 0. The van der Waals surface area contributed by atoms with Crippen LogP contribution in [0.15, 0.2) is 42.5 Å².